The highest BCUT2D eigenvalue weighted by atomic mass is 16.6. The number of carbonyl (C=O) groups excluding carboxylic acids is 2. The molecule has 118 valence electrons. The molecule has 1 aromatic heterocycles. The third kappa shape index (κ3) is 3.43. The zero-order valence-corrected chi connectivity index (χ0v) is 12.7. The van der Waals surface area contributed by atoms with E-state index in [0.29, 0.717) is 25.5 Å². The van der Waals surface area contributed by atoms with Gasteiger partial charge in [-0.25, -0.2) is 9.78 Å². The molecule has 0 radical (unpaired) electrons. The van der Waals surface area contributed by atoms with Crippen LogP contribution in [0.3, 0.4) is 0 Å². The first-order chi connectivity index (χ1) is 9.23. The average Bonchev–Trinajstić information content (AvgIpc) is 2.82. The monoisotopic (exact) mass is 295 g/mol. The topological polar surface area (TPSA) is 64.4 Å². The van der Waals surface area contributed by atoms with Gasteiger partial charge in [0.15, 0.2) is 11.6 Å². The van der Waals surface area contributed by atoms with Gasteiger partial charge in [0.25, 0.3) is 0 Å². The van der Waals surface area contributed by atoms with Crippen molar-refractivity contribution < 1.29 is 14.3 Å². The van der Waals surface area contributed by atoms with Gasteiger partial charge in [-0.15, -0.1) is 0 Å². The van der Waals surface area contributed by atoms with E-state index in [0.717, 1.165) is 11.4 Å². The maximum absolute atomic E-state index is 12.0. The van der Waals surface area contributed by atoms with E-state index >= 15 is 0 Å². The van der Waals surface area contributed by atoms with Gasteiger partial charge >= 0.3 is 6.09 Å². The van der Waals surface area contributed by atoms with Crippen molar-refractivity contribution in [1.29, 1.82) is 0 Å². The van der Waals surface area contributed by atoms with Crippen molar-refractivity contribution in [2.75, 3.05) is 0 Å². The number of ketones is 1. The normalized spacial score (nSPS) is 13.7. The lowest BCUT2D eigenvalue weighted by atomic mass is 10.2. The first kappa shape index (κ1) is 17.2. The molecular formula is C15H25N3O3. The molecule has 2 rings (SSSR count). The Morgan fingerprint density at radius 1 is 1.29 bits per heavy atom. The molecule has 0 N–H and O–H groups in total. The van der Waals surface area contributed by atoms with E-state index in [1.54, 1.807) is 4.90 Å². The van der Waals surface area contributed by atoms with Crippen molar-refractivity contribution in [3.8, 4) is 0 Å². The number of hydrogen-bond donors (Lipinski definition) is 0. The SMILES string of the molecule is C.CCn1c(C(C)=O)nc2c1CN(C(=O)OC(C)(C)C)C2. The Kier molecular flexibility index (Phi) is 4.81. The van der Waals surface area contributed by atoms with Crippen LogP contribution in [0.5, 0.6) is 0 Å². The molecule has 0 saturated carbocycles. The summed E-state index contributed by atoms with van der Waals surface area (Å²) in [7, 11) is 0. The van der Waals surface area contributed by atoms with Gasteiger partial charge in [0.05, 0.1) is 24.5 Å². The fourth-order valence-corrected chi connectivity index (χ4v) is 2.32. The molecule has 2 heterocycles. The van der Waals surface area contributed by atoms with Crippen LogP contribution in [0.25, 0.3) is 0 Å². The summed E-state index contributed by atoms with van der Waals surface area (Å²) in [6, 6.07) is 0. The van der Waals surface area contributed by atoms with Crippen LogP contribution in [0.15, 0.2) is 0 Å². The van der Waals surface area contributed by atoms with E-state index in [9.17, 15) is 9.59 Å². The number of hydrogen-bond acceptors (Lipinski definition) is 4. The lowest BCUT2D eigenvalue weighted by molar-refractivity contribution is 0.0237. The van der Waals surface area contributed by atoms with Crippen LogP contribution < -0.4 is 0 Å². The van der Waals surface area contributed by atoms with Gasteiger partial charge in [0, 0.05) is 13.5 Å². The van der Waals surface area contributed by atoms with Crippen LogP contribution in [-0.4, -0.2) is 31.9 Å². The molecule has 0 aromatic carbocycles. The van der Waals surface area contributed by atoms with Crippen molar-refractivity contribution >= 4 is 11.9 Å². The molecule has 21 heavy (non-hydrogen) atoms. The van der Waals surface area contributed by atoms with Gasteiger partial charge in [0.1, 0.15) is 5.60 Å². The molecule has 1 amide bonds. The number of amides is 1. The predicted octanol–water partition coefficient (Wildman–Crippen LogP) is 2.99. The Balaban J connectivity index is 0.00000220. The van der Waals surface area contributed by atoms with E-state index in [1.807, 2.05) is 32.3 Å². The number of rotatable bonds is 2. The molecule has 0 atom stereocenters. The molecule has 0 aliphatic carbocycles. The van der Waals surface area contributed by atoms with Gasteiger partial charge in [0.2, 0.25) is 0 Å². The van der Waals surface area contributed by atoms with E-state index in [2.05, 4.69) is 4.98 Å². The molecule has 0 fully saturated rings. The fraction of sp³-hybridized carbons (Fsp3) is 0.667. The number of fused-ring (bicyclic) bond motifs is 1. The van der Waals surface area contributed by atoms with Crippen LogP contribution in [-0.2, 0) is 24.4 Å². The van der Waals surface area contributed by atoms with Crippen molar-refractivity contribution in [2.45, 2.75) is 67.3 Å². The smallest absolute Gasteiger partial charge is 0.410 e. The minimum atomic E-state index is -0.512. The van der Waals surface area contributed by atoms with E-state index in [1.165, 1.54) is 6.92 Å². The van der Waals surface area contributed by atoms with Crippen LogP contribution in [0.1, 0.15) is 64.1 Å². The Hall–Kier alpha value is -1.85. The highest BCUT2D eigenvalue weighted by Crippen LogP contribution is 2.25. The predicted molar refractivity (Wildman–Crippen MR) is 80.1 cm³/mol. The Labute approximate surface area is 126 Å². The minimum absolute atomic E-state index is 0. The van der Waals surface area contributed by atoms with Crippen molar-refractivity contribution in [3.05, 3.63) is 17.2 Å². The molecule has 1 aliphatic rings. The summed E-state index contributed by atoms with van der Waals surface area (Å²) >= 11 is 0. The molecule has 6 heteroatoms. The number of ether oxygens (including phenoxy) is 1. The highest BCUT2D eigenvalue weighted by molar-refractivity contribution is 5.91. The number of imidazole rings is 1. The lowest BCUT2D eigenvalue weighted by Gasteiger charge is -2.24. The molecule has 1 aromatic rings. The molecule has 0 spiro atoms. The van der Waals surface area contributed by atoms with E-state index in [-0.39, 0.29) is 19.3 Å². The summed E-state index contributed by atoms with van der Waals surface area (Å²) in [5, 5.41) is 0. The van der Waals surface area contributed by atoms with E-state index in [4.69, 9.17) is 4.74 Å². The standard InChI is InChI=1S/C14H21N3O3.CH4/c1-6-17-11-8-16(13(19)20-14(3,4)5)7-10(11)15-12(17)9(2)18;/h6-8H2,1-5H3;1H4. The molecule has 0 unspecified atom stereocenters. The van der Waals surface area contributed by atoms with Crippen LogP contribution >= 0.6 is 0 Å². The number of aromatic nitrogens is 2. The summed E-state index contributed by atoms with van der Waals surface area (Å²) < 4.78 is 7.23. The van der Waals surface area contributed by atoms with Gasteiger partial charge in [-0.05, 0) is 27.7 Å². The maximum atomic E-state index is 12.0. The summed E-state index contributed by atoms with van der Waals surface area (Å²) in [6.07, 6.45) is -0.345. The number of carbonyl (C=O) groups is 2. The van der Waals surface area contributed by atoms with Gasteiger partial charge in [-0.3, -0.25) is 9.69 Å². The van der Waals surface area contributed by atoms with Gasteiger partial charge in [-0.1, -0.05) is 7.43 Å². The first-order valence-corrected chi connectivity index (χ1v) is 6.80. The number of Topliss-reactive ketones (excluding diaryl/α,β-unsaturated/α-hetero) is 1. The van der Waals surface area contributed by atoms with E-state index < -0.39 is 5.60 Å². The Morgan fingerprint density at radius 3 is 2.38 bits per heavy atom. The second kappa shape index (κ2) is 5.87. The third-order valence-corrected chi connectivity index (χ3v) is 3.12. The highest BCUT2D eigenvalue weighted by Gasteiger charge is 2.32. The lowest BCUT2D eigenvalue weighted by Crippen LogP contribution is -2.34. The fourth-order valence-electron chi connectivity index (χ4n) is 2.32. The molecule has 6 nitrogen and oxygen atoms in total. The van der Waals surface area contributed by atoms with Crippen molar-refractivity contribution in [1.82, 2.24) is 14.5 Å². The van der Waals surface area contributed by atoms with Crippen LogP contribution in [0.4, 0.5) is 4.79 Å². The molecule has 0 bridgehead atoms. The second-order valence-corrected chi connectivity index (χ2v) is 5.97. The summed E-state index contributed by atoms with van der Waals surface area (Å²) in [6.45, 7) is 10.5. The van der Waals surface area contributed by atoms with Crippen molar-refractivity contribution in [2.24, 2.45) is 0 Å². The Morgan fingerprint density at radius 2 is 1.90 bits per heavy atom. The van der Waals surface area contributed by atoms with Gasteiger partial charge in [-0.2, -0.15) is 0 Å². The Bertz CT molecular complexity index is 555. The summed E-state index contributed by atoms with van der Waals surface area (Å²) in [4.78, 5) is 29.6. The summed E-state index contributed by atoms with van der Waals surface area (Å²) in [5.41, 5.74) is 1.22. The minimum Gasteiger partial charge on any atom is -0.444 e. The average molecular weight is 295 g/mol. The quantitative estimate of drug-likeness (QED) is 0.787. The van der Waals surface area contributed by atoms with Crippen LogP contribution in [0.2, 0.25) is 0 Å². The van der Waals surface area contributed by atoms with Crippen molar-refractivity contribution in [3.63, 3.8) is 0 Å². The first-order valence-electron chi connectivity index (χ1n) is 6.80. The zero-order valence-electron chi connectivity index (χ0n) is 12.7. The number of nitrogens with zero attached hydrogens (tertiary/aromatic N) is 3. The molecule has 0 saturated heterocycles. The molecule has 1 aliphatic heterocycles. The van der Waals surface area contributed by atoms with Gasteiger partial charge < -0.3 is 9.30 Å². The third-order valence-electron chi connectivity index (χ3n) is 3.12. The largest absolute Gasteiger partial charge is 0.444 e. The zero-order chi connectivity index (χ0) is 15.1. The van der Waals surface area contributed by atoms with Crippen LogP contribution in [0, 0.1) is 0 Å². The second-order valence-electron chi connectivity index (χ2n) is 5.97. The summed E-state index contributed by atoms with van der Waals surface area (Å²) in [5.74, 6) is 0.423. The molecular weight excluding hydrogens is 270 g/mol. The maximum Gasteiger partial charge on any atom is 0.410 e.